The number of unbranched alkanes of at least 4 members (excludes halogenated alkanes) is 47. The molecular formula is C77H140O6. The monoisotopic (exact) mass is 1160 g/mol. The highest BCUT2D eigenvalue weighted by Gasteiger charge is 2.19. The second-order valence-electron chi connectivity index (χ2n) is 24.9. The molecule has 6 nitrogen and oxygen atoms in total. The first kappa shape index (κ1) is 80.1. The molecule has 0 heterocycles. The number of hydrogen-bond acceptors (Lipinski definition) is 6. The molecule has 83 heavy (non-hydrogen) atoms. The summed E-state index contributed by atoms with van der Waals surface area (Å²) in [6.45, 7) is 6.64. The summed E-state index contributed by atoms with van der Waals surface area (Å²) in [5, 5.41) is 0. The van der Waals surface area contributed by atoms with E-state index in [2.05, 4.69) is 81.5 Å². The van der Waals surface area contributed by atoms with Crippen LogP contribution in [0, 0.1) is 0 Å². The zero-order valence-corrected chi connectivity index (χ0v) is 55.7. The van der Waals surface area contributed by atoms with Crippen LogP contribution in [0.25, 0.3) is 0 Å². The molecule has 0 saturated carbocycles. The van der Waals surface area contributed by atoms with Crippen LogP contribution in [0.4, 0.5) is 0 Å². The molecular weight excluding hydrogens is 1020 g/mol. The van der Waals surface area contributed by atoms with Gasteiger partial charge in [-0.1, -0.05) is 351 Å². The van der Waals surface area contributed by atoms with Crippen LogP contribution in [-0.2, 0) is 28.6 Å². The summed E-state index contributed by atoms with van der Waals surface area (Å²) in [6.07, 6.45) is 92.6. The number of ether oxygens (including phenoxy) is 3. The predicted molar refractivity (Wildman–Crippen MR) is 362 cm³/mol. The third kappa shape index (κ3) is 69.8. The summed E-state index contributed by atoms with van der Waals surface area (Å²) in [6, 6.07) is 0. The molecule has 0 aliphatic heterocycles. The number of allylic oxidation sites excluding steroid dienone is 10. The number of carbonyl (C=O) groups excluding carboxylic acids is 3. The third-order valence-electron chi connectivity index (χ3n) is 16.5. The lowest BCUT2D eigenvalue weighted by molar-refractivity contribution is -0.167. The Hall–Kier alpha value is -2.89. The van der Waals surface area contributed by atoms with E-state index in [-0.39, 0.29) is 31.1 Å². The van der Waals surface area contributed by atoms with Gasteiger partial charge in [-0.3, -0.25) is 14.4 Å². The lowest BCUT2D eigenvalue weighted by Crippen LogP contribution is -2.30. The summed E-state index contributed by atoms with van der Waals surface area (Å²) < 4.78 is 17.0. The van der Waals surface area contributed by atoms with E-state index in [4.69, 9.17) is 14.2 Å². The van der Waals surface area contributed by atoms with Gasteiger partial charge < -0.3 is 14.2 Å². The minimum Gasteiger partial charge on any atom is -0.462 e. The Balaban J connectivity index is 4.26. The van der Waals surface area contributed by atoms with E-state index in [1.165, 1.54) is 263 Å². The van der Waals surface area contributed by atoms with Crippen molar-refractivity contribution in [2.24, 2.45) is 0 Å². The SMILES string of the molecule is CCCC/C=C\C/C=C\CCCCCCCC(=O)OCC(COC(=O)CCCCCCCCCCCCCCCCCCCCCCCCCCCC)OC(=O)CCCCCCCCCCCC/C=C\C/C=C\C/C=C\CCCCCCC. The van der Waals surface area contributed by atoms with Crippen molar-refractivity contribution in [2.45, 2.75) is 399 Å². The molecule has 6 heteroatoms. The molecule has 0 spiro atoms. The van der Waals surface area contributed by atoms with Gasteiger partial charge in [0.25, 0.3) is 0 Å². The van der Waals surface area contributed by atoms with Crippen molar-refractivity contribution in [3.05, 3.63) is 60.8 Å². The average molecular weight is 1160 g/mol. The Kier molecular flexibility index (Phi) is 69.1. The first-order valence-electron chi connectivity index (χ1n) is 36.8. The summed E-state index contributed by atoms with van der Waals surface area (Å²) >= 11 is 0. The Labute approximate surface area is 517 Å². The van der Waals surface area contributed by atoms with Gasteiger partial charge in [0, 0.05) is 19.3 Å². The molecule has 484 valence electrons. The molecule has 1 unspecified atom stereocenters. The maximum Gasteiger partial charge on any atom is 0.306 e. The summed E-state index contributed by atoms with van der Waals surface area (Å²) in [7, 11) is 0. The fraction of sp³-hybridized carbons (Fsp3) is 0.831. The number of rotatable bonds is 68. The van der Waals surface area contributed by atoms with Gasteiger partial charge in [0.2, 0.25) is 0 Å². The molecule has 0 radical (unpaired) electrons. The number of esters is 3. The van der Waals surface area contributed by atoms with Crippen LogP contribution in [0.3, 0.4) is 0 Å². The first-order chi connectivity index (χ1) is 41.0. The van der Waals surface area contributed by atoms with Crippen LogP contribution in [-0.4, -0.2) is 37.2 Å². The van der Waals surface area contributed by atoms with Gasteiger partial charge >= 0.3 is 17.9 Å². The van der Waals surface area contributed by atoms with Gasteiger partial charge in [-0.25, -0.2) is 0 Å². The Bertz CT molecular complexity index is 1470. The largest absolute Gasteiger partial charge is 0.462 e. The number of carbonyl (C=O) groups is 3. The van der Waals surface area contributed by atoms with Gasteiger partial charge in [-0.2, -0.15) is 0 Å². The molecule has 0 aliphatic rings. The van der Waals surface area contributed by atoms with Crippen molar-refractivity contribution in [3.8, 4) is 0 Å². The molecule has 0 saturated heterocycles. The van der Waals surface area contributed by atoms with Gasteiger partial charge in [0.1, 0.15) is 13.2 Å². The average Bonchev–Trinajstić information content (AvgIpc) is 3.50. The topological polar surface area (TPSA) is 78.9 Å². The van der Waals surface area contributed by atoms with E-state index in [0.29, 0.717) is 19.3 Å². The van der Waals surface area contributed by atoms with Gasteiger partial charge in [-0.15, -0.1) is 0 Å². The fourth-order valence-corrected chi connectivity index (χ4v) is 10.9. The minimum absolute atomic E-state index is 0.0765. The van der Waals surface area contributed by atoms with Gasteiger partial charge in [-0.05, 0) is 83.5 Å². The van der Waals surface area contributed by atoms with Crippen molar-refractivity contribution < 1.29 is 28.6 Å². The van der Waals surface area contributed by atoms with Crippen molar-refractivity contribution in [3.63, 3.8) is 0 Å². The van der Waals surface area contributed by atoms with E-state index in [0.717, 1.165) is 89.9 Å². The van der Waals surface area contributed by atoms with Gasteiger partial charge in [0.05, 0.1) is 0 Å². The van der Waals surface area contributed by atoms with Crippen molar-refractivity contribution in [1.29, 1.82) is 0 Å². The fourth-order valence-electron chi connectivity index (χ4n) is 10.9. The lowest BCUT2D eigenvalue weighted by Gasteiger charge is -2.18. The maximum absolute atomic E-state index is 13.0. The van der Waals surface area contributed by atoms with Crippen molar-refractivity contribution in [1.82, 2.24) is 0 Å². The lowest BCUT2D eigenvalue weighted by atomic mass is 10.0. The van der Waals surface area contributed by atoms with E-state index in [9.17, 15) is 14.4 Å². The third-order valence-corrected chi connectivity index (χ3v) is 16.5. The second kappa shape index (κ2) is 71.6. The summed E-state index contributed by atoms with van der Waals surface area (Å²) in [4.78, 5) is 38.5. The Morgan fingerprint density at radius 1 is 0.241 bits per heavy atom. The van der Waals surface area contributed by atoms with Crippen molar-refractivity contribution >= 4 is 17.9 Å². The van der Waals surface area contributed by atoms with Gasteiger partial charge in [0.15, 0.2) is 6.10 Å². The Morgan fingerprint density at radius 2 is 0.446 bits per heavy atom. The highest BCUT2D eigenvalue weighted by atomic mass is 16.6. The molecule has 0 aromatic heterocycles. The Morgan fingerprint density at radius 3 is 0.711 bits per heavy atom. The quantitative estimate of drug-likeness (QED) is 0.0261. The number of hydrogen-bond donors (Lipinski definition) is 0. The minimum atomic E-state index is -0.783. The van der Waals surface area contributed by atoms with Crippen LogP contribution < -0.4 is 0 Å². The van der Waals surface area contributed by atoms with E-state index >= 15 is 0 Å². The summed E-state index contributed by atoms with van der Waals surface area (Å²) in [5.74, 6) is -0.870. The first-order valence-corrected chi connectivity index (χ1v) is 36.8. The molecule has 1 atom stereocenters. The smallest absolute Gasteiger partial charge is 0.306 e. The zero-order chi connectivity index (χ0) is 59.9. The molecule has 0 bridgehead atoms. The normalized spacial score (nSPS) is 12.4. The van der Waals surface area contributed by atoms with Crippen LogP contribution in [0.2, 0.25) is 0 Å². The highest BCUT2D eigenvalue weighted by molar-refractivity contribution is 5.71. The van der Waals surface area contributed by atoms with Crippen LogP contribution in [0.5, 0.6) is 0 Å². The molecule has 0 amide bonds. The predicted octanol–water partition coefficient (Wildman–Crippen LogP) is 25.5. The molecule has 0 N–H and O–H groups in total. The van der Waals surface area contributed by atoms with Crippen LogP contribution >= 0.6 is 0 Å². The van der Waals surface area contributed by atoms with E-state index in [1.807, 2.05) is 0 Å². The molecule has 0 fully saturated rings. The van der Waals surface area contributed by atoms with Crippen LogP contribution in [0.15, 0.2) is 60.8 Å². The standard InChI is InChI=1S/C77H140O6/c1-4-7-10-13-16-19-22-25-28-30-32-34-36-38-40-41-43-45-47-49-52-55-58-61-64-67-70-76(79)82-73-74(72-81-75(78)69-66-63-60-57-54-51-27-24-21-18-15-12-9-6-3)83-77(80)71-68-65-62-59-56-53-50-48-46-44-42-39-37-35-33-31-29-26-23-20-17-14-11-8-5-2/h15,18,23-24,26-27,31,33,37,39,74H,4-14,16-17,19-22,25,28-30,32,34-36,38,40-73H2,1-3H3/b18-15-,26-23-,27-24-,33-31-,39-37-. The molecule has 0 aliphatic carbocycles. The van der Waals surface area contributed by atoms with Crippen LogP contribution in [0.1, 0.15) is 393 Å². The second-order valence-corrected chi connectivity index (χ2v) is 24.9. The van der Waals surface area contributed by atoms with E-state index < -0.39 is 6.10 Å². The summed E-state index contributed by atoms with van der Waals surface area (Å²) in [5.41, 5.74) is 0. The molecule has 0 rings (SSSR count). The molecule has 0 aromatic rings. The van der Waals surface area contributed by atoms with E-state index in [1.54, 1.807) is 0 Å². The zero-order valence-electron chi connectivity index (χ0n) is 55.7. The highest BCUT2D eigenvalue weighted by Crippen LogP contribution is 2.18. The van der Waals surface area contributed by atoms with Crippen molar-refractivity contribution in [2.75, 3.05) is 13.2 Å². The maximum atomic E-state index is 13.0. The molecule has 0 aromatic carbocycles.